The number of benzene rings is 2. The number of carbonyl (C=O) groups is 2. The highest BCUT2D eigenvalue weighted by atomic mass is 32.2. The van der Waals surface area contributed by atoms with Crippen LogP contribution in [0.2, 0.25) is 0 Å². The molecule has 1 aliphatic rings. The van der Waals surface area contributed by atoms with E-state index < -0.39 is 10.0 Å². The number of hydrogen-bond donors (Lipinski definition) is 2. The summed E-state index contributed by atoms with van der Waals surface area (Å²) < 4.78 is 31.6. The molecule has 0 saturated heterocycles. The van der Waals surface area contributed by atoms with Crippen LogP contribution in [0.1, 0.15) is 36.2 Å². The Morgan fingerprint density at radius 2 is 1.91 bits per heavy atom. The van der Waals surface area contributed by atoms with Crippen molar-refractivity contribution in [2.24, 2.45) is 0 Å². The van der Waals surface area contributed by atoms with Gasteiger partial charge in [-0.25, -0.2) is 12.7 Å². The van der Waals surface area contributed by atoms with E-state index in [0.717, 1.165) is 28.4 Å². The monoisotopic (exact) mass is 488 g/mol. The van der Waals surface area contributed by atoms with E-state index in [0.29, 0.717) is 17.8 Å². The number of nitrogens with one attached hydrogen (secondary N) is 2. The Morgan fingerprint density at radius 3 is 2.56 bits per heavy atom. The third-order valence-electron chi connectivity index (χ3n) is 5.55. The molecule has 10 heteroatoms. The summed E-state index contributed by atoms with van der Waals surface area (Å²) in [5.41, 5.74) is 2.78. The maximum atomic E-state index is 12.9. The van der Waals surface area contributed by atoms with E-state index in [9.17, 15) is 18.0 Å². The Hall–Kier alpha value is -3.11. The lowest BCUT2D eigenvalue weighted by Crippen LogP contribution is -2.38. The predicted octanol–water partition coefficient (Wildman–Crippen LogP) is 2.47. The van der Waals surface area contributed by atoms with Gasteiger partial charge in [-0.15, -0.1) is 0 Å². The number of rotatable bonds is 8. The molecular weight excluding hydrogens is 456 g/mol. The van der Waals surface area contributed by atoms with E-state index in [1.807, 2.05) is 36.9 Å². The fourth-order valence-electron chi connectivity index (χ4n) is 3.94. The zero-order valence-electron chi connectivity index (χ0n) is 20.2. The van der Waals surface area contributed by atoms with Crippen LogP contribution >= 0.6 is 0 Å². The maximum absolute atomic E-state index is 12.9. The fourth-order valence-corrected chi connectivity index (χ4v) is 5.02. The second-order valence-electron chi connectivity index (χ2n) is 8.66. The minimum atomic E-state index is -3.76. The van der Waals surface area contributed by atoms with Crippen LogP contribution in [0, 0.1) is 0 Å². The zero-order chi connectivity index (χ0) is 25.0. The second-order valence-corrected chi connectivity index (χ2v) is 10.8. The molecule has 34 heavy (non-hydrogen) atoms. The van der Waals surface area contributed by atoms with Crippen molar-refractivity contribution in [1.82, 2.24) is 9.62 Å². The van der Waals surface area contributed by atoms with Crippen molar-refractivity contribution in [2.45, 2.75) is 37.6 Å². The lowest BCUT2D eigenvalue weighted by atomic mass is 9.95. The molecule has 1 aliphatic heterocycles. The molecule has 2 aromatic carbocycles. The number of hydrogen-bond acceptors (Lipinski definition) is 6. The van der Waals surface area contributed by atoms with Gasteiger partial charge in [-0.3, -0.25) is 9.59 Å². The third-order valence-corrected chi connectivity index (χ3v) is 7.39. The number of nitrogens with zero attached hydrogens (tertiary/aromatic N) is 2. The molecule has 0 radical (unpaired) electrons. The van der Waals surface area contributed by atoms with Crippen LogP contribution in [0.5, 0.6) is 5.75 Å². The molecule has 0 atom stereocenters. The van der Waals surface area contributed by atoms with Crippen LogP contribution in [-0.2, 0) is 21.2 Å². The first kappa shape index (κ1) is 25.5. The van der Waals surface area contributed by atoms with Gasteiger partial charge in [0.15, 0.2) is 0 Å². The Kier molecular flexibility index (Phi) is 7.83. The summed E-state index contributed by atoms with van der Waals surface area (Å²) >= 11 is 0. The smallest absolute Gasteiger partial charge is 0.251 e. The van der Waals surface area contributed by atoms with Crippen molar-refractivity contribution in [3.63, 3.8) is 0 Å². The number of methoxy groups -OCH3 is 1. The molecule has 0 spiro atoms. The average Bonchev–Trinajstić information content (AvgIpc) is 2.78. The second kappa shape index (κ2) is 10.4. The molecule has 3 rings (SSSR count). The highest BCUT2D eigenvalue weighted by Gasteiger charge is 2.25. The summed E-state index contributed by atoms with van der Waals surface area (Å²) in [4.78, 5) is 27.4. The van der Waals surface area contributed by atoms with Crippen LogP contribution in [0.25, 0.3) is 0 Å². The zero-order valence-corrected chi connectivity index (χ0v) is 21.0. The summed E-state index contributed by atoms with van der Waals surface area (Å²) in [6.07, 6.45) is 1.58. The molecule has 1 heterocycles. The minimum Gasteiger partial charge on any atom is -0.495 e. The summed E-state index contributed by atoms with van der Waals surface area (Å²) in [6, 6.07) is 10.1. The van der Waals surface area contributed by atoms with Gasteiger partial charge in [-0.1, -0.05) is 6.07 Å². The van der Waals surface area contributed by atoms with Gasteiger partial charge < -0.3 is 20.3 Å². The third kappa shape index (κ3) is 5.51. The molecule has 0 bridgehead atoms. The number of carbonyl (C=O) groups excluding carboxylic acids is 2. The summed E-state index contributed by atoms with van der Waals surface area (Å²) in [7, 11) is 0.505. The van der Waals surface area contributed by atoms with Crippen molar-refractivity contribution in [1.29, 1.82) is 0 Å². The van der Waals surface area contributed by atoms with E-state index >= 15 is 0 Å². The minimum absolute atomic E-state index is 0.0260. The molecular formula is C24H32N4O5S. The largest absolute Gasteiger partial charge is 0.495 e. The van der Waals surface area contributed by atoms with Crippen LogP contribution in [-0.4, -0.2) is 64.9 Å². The van der Waals surface area contributed by atoms with E-state index in [1.54, 1.807) is 6.07 Å². The molecule has 184 valence electrons. The first-order valence-corrected chi connectivity index (χ1v) is 12.6. The highest BCUT2D eigenvalue weighted by molar-refractivity contribution is 7.89. The molecule has 0 unspecified atom stereocenters. The quantitative estimate of drug-likeness (QED) is 0.591. The van der Waals surface area contributed by atoms with Crippen molar-refractivity contribution < 1.29 is 22.7 Å². The van der Waals surface area contributed by atoms with Crippen molar-refractivity contribution in [3.05, 3.63) is 47.5 Å². The Labute approximate surface area is 201 Å². The van der Waals surface area contributed by atoms with Crippen LogP contribution in [0.4, 0.5) is 11.4 Å². The van der Waals surface area contributed by atoms with Gasteiger partial charge in [-0.2, -0.15) is 0 Å². The predicted molar refractivity (Wildman–Crippen MR) is 132 cm³/mol. The summed E-state index contributed by atoms with van der Waals surface area (Å²) in [6.45, 7) is 4.58. The molecule has 0 saturated carbocycles. The van der Waals surface area contributed by atoms with E-state index in [1.165, 1.54) is 33.3 Å². The summed E-state index contributed by atoms with van der Waals surface area (Å²) in [5.74, 6) is -0.210. The Bertz CT molecular complexity index is 1180. The first-order chi connectivity index (χ1) is 16.0. The van der Waals surface area contributed by atoms with Gasteiger partial charge in [0.05, 0.1) is 13.7 Å². The van der Waals surface area contributed by atoms with Crippen molar-refractivity contribution in [2.75, 3.05) is 44.5 Å². The molecule has 2 amide bonds. The SMILES string of the molecule is COc1ccc(NC(=O)CN2CCCc3c(C(=O)NC(C)C)cccc32)cc1S(=O)(=O)N(C)C. The van der Waals surface area contributed by atoms with Crippen molar-refractivity contribution in [3.8, 4) is 5.75 Å². The van der Waals surface area contributed by atoms with Crippen LogP contribution in [0.15, 0.2) is 41.3 Å². The Morgan fingerprint density at radius 1 is 1.18 bits per heavy atom. The van der Waals surface area contributed by atoms with Gasteiger partial charge in [0, 0.05) is 43.6 Å². The number of amides is 2. The molecule has 9 nitrogen and oxygen atoms in total. The molecule has 0 fully saturated rings. The van der Waals surface area contributed by atoms with Gasteiger partial charge in [0.25, 0.3) is 5.91 Å². The lowest BCUT2D eigenvalue weighted by molar-refractivity contribution is -0.115. The van der Waals surface area contributed by atoms with E-state index in [4.69, 9.17) is 4.74 Å². The molecule has 0 aliphatic carbocycles. The lowest BCUT2D eigenvalue weighted by Gasteiger charge is -2.32. The van der Waals surface area contributed by atoms with Gasteiger partial charge >= 0.3 is 0 Å². The molecule has 2 aromatic rings. The van der Waals surface area contributed by atoms with Gasteiger partial charge in [0.1, 0.15) is 10.6 Å². The van der Waals surface area contributed by atoms with Crippen LogP contribution in [0.3, 0.4) is 0 Å². The number of ether oxygens (including phenoxy) is 1. The van der Waals surface area contributed by atoms with Crippen molar-refractivity contribution >= 4 is 33.2 Å². The van der Waals surface area contributed by atoms with E-state index in [-0.39, 0.29) is 35.0 Å². The fraction of sp³-hybridized carbons (Fsp3) is 0.417. The standard InChI is InChI=1S/C24H32N4O5S/c1-16(2)25-24(30)19-8-6-10-20-18(19)9-7-13-28(20)15-23(29)26-17-11-12-21(33-5)22(14-17)34(31,32)27(3)4/h6,8,10-12,14,16H,7,9,13,15H2,1-5H3,(H,25,30)(H,26,29). The van der Waals surface area contributed by atoms with Gasteiger partial charge in [-0.05, 0) is 62.6 Å². The number of sulfonamides is 1. The maximum Gasteiger partial charge on any atom is 0.251 e. The van der Waals surface area contributed by atoms with Crippen LogP contribution < -0.4 is 20.3 Å². The average molecular weight is 489 g/mol. The Balaban J connectivity index is 1.81. The first-order valence-electron chi connectivity index (χ1n) is 11.1. The number of anilines is 2. The van der Waals surface area contributed by atoms with Gasteiger partial charge in [0.2, 0.25) is 15.9 Å². The topological polar surface area (TPSA) is 108 Å². The normalized spacial score (nSPS) is 13.6. The summed E-state index contributed by atoms with van der Waals surface area (Å²) in [5, 5.41) is 5.72. The molecule has 2 N–H and O–H groups in total. The van der Waals surface area contributed by atoms with E-state index in [2.05, 4.69) is 10.6 Å². The number of fused-ring (bicyclic) bond motifs is 1. The highest BCUT2D eigenvalue weighted by Crippen LogP contribution is 2.31. The molecule has 0 aromatic heterocycles.